The minimum atomic E-state index is 0.0569. The molecule has 3 heterocycles. The van der Waals surface area contributed by atoms with Gasteiger partial charge in [-0.05, 0) is 29.9 Å². The number of thioether (sulfide) groups is 1. The summed E-state index contributed by atoms with van der Waals surface area (Å²) in [6.07, 6.45) is 2.48. The summed E-state index contributed by atoms with van der Waals surface area (Å²) in [6, 6.07) is 7.71. The Kier molecular flexibility index (Phi) is 2.50. The number of fused-ring (bicyclic) bond motifs is 4. The number of imidazole rings is 1. The van der Waals surface area contributed by atoms with Gasteiger partial charge in [-0.1, -0.05) is 12.1 Å². The second kappa shape index (κ2) is 4.24. The van der Waals surface area contributed by atoms with Gasteiger partial charge in [0.15, 0.2) is 0 Å². The summed E-state index contributed by atoms with van der Waals surface area (Å²) in [5.74, 6) is 1.79. The molecule has 0 bridgehead atoms. The summed E-state index contributed by atoms with van der Waals surface area (Å²) in [7, 11) is 0. The second-order valence-corrected chi connectivity index (χ2v) is 6.01. The third kappa shape index (κ3) is 1.44. The van der Waals surface area contributed by atoms with Crippen molar-refractivity contribution < 1.29 is 0 Å². The van der Waals surface area contributed by atoms with Gasteiger partial charge in [-0.25, -0.2) is 4.98 Å². The summed E-state index contributed by atoms with van der Waals surface area (Å²) in [5, 5.41) is 0.913. The molecule has 1 aliphatic heterocycles. The molecule has 5 heteroatoms. The molecule has 0 unspecified atom stereocenters. The van der Waals surface area contributed by atoms with E-state index in [-0.39, 0.29) is 5.56 Å². The standard InChI is InChI=1S/C15H13N3OS/c16-7-10-9-5-6-20-8-11(9)15(19)18-13-4-2-1-3-12(13)17-14(10)18/h1-4,7H,5-6,8,16H2. The first-order valence-corrected chi connectivity index (χ1v) is 7.71. The van der Waals surface area contributed by atoms with E-state index in [0.717, 1.165) is 45.3 Å². The van der Waals surface area contributed by atoms with Crippen molar-refractivity contribution in [3.05, 3.63) is 51.0 Å². The van der Waals surface area contributed by atoms with Crippen LogP contribution in [0, 0.1) is 0 Å². The number of hydrogen-bond donors (Lipinski definition) is 1. The number of nitrogens with two attached hydrogens (primary N) is 1. The van der Waals surface area contributed by atoms with Crippen molar-refractivity contribution >= 4 is 34.6 Å². The molecule has 4 nitrogen and oxygen atoms in total. The Morgan fingerprint density at radius 1 is 1.30 bits per heavy atom. The van der Waals surface area contributed by atoms with E-state index in [1.165, 1.54) is 0 Å². The maximum Gasteiger partial charge on any atom is 0.261 e. The number of para-hydroxylation sites is 2. The lowest BCUT2D eigenvalue weighted by Crippen LogP contribution is -2.31. The summed E-state index contributed by atoms with van der Waals surface area (Å²) in [5.41, 5.74) is 10.2. The van der Waals surface area contributed by atoms with Gasteiger partial charge in [0.25, 0.3) is 5.56 Å². The Bertz CT molecular complexity index is 945. The van der Waals surface area contributed by atoms with E-state index >= 15 is 0 Å². The lowest BCUT2D eigenvalue weighted by molar-refractivity contribution is 0.994. The van der Waals surface area contributed by atoms with Gasteiger partial charge in [-0.3, -0.25) is 9.20 Å². The van der Waals surface area contributed by atoms with Crippen LogP contribution in [0.2, 0.25) is 0 Å². The molecule has 1 aliphatic rings. The molecule has 100 valence electrons. The van der Waals surface area contributed by atoms with Gasteiger partial charge >= 0.3 is 0 Å². The first kappa shape index (κ1) is 11.8. The van der Waals surface area contributed by atoms with E-state index in [1.54, 1.807) is 22.4 Å². The third-order valence-electron chi connectivity index (χ3n) is 3.86. The van der Waals surface area contributed by atoms with Crippen LogP contribution in [0.4, 0.5) is 0 Å². The van der Waals surface area contributed by atoms with Crippen LogP contribution in [0.3, 0.4) is 0 Å². The quantitative estimate of drug-likeness (QED) is 0.670. The highest BCUT2D eigenvalue weighted by Crippen LogP contribution is 2.21. The molecule has 1 aromatic carbocycles. The number of benzene rings is 1. The fourth-order valence-electron chi connectivity index (χ4n) is 2.93. The maximum atomic E-state index is 12.8. The summed E-state index contributed by atoms with van der Waals surface area (Å²) in [4.78, 5) is 17.4. The molecular formula is C15H13N3OS. The maximum absolute atomic E-state index is 12.8. The van der Waals surface area contributed by atoms with E-state index in [9.17, 15) is 4.79 Å². The molecule has 0 aliphatic carbocycles. The Balaban J connectivity index is 2.33. The van der Waals surface area contributed by atoms with Crippen molar-refractivity contribution in [3.63, 3.8) is 0 Å². The molecule has 20 heavy (non-hydrogen) atoms. The molecular weight excluding hydrogens is 270 g/mol. The summed E-state index contributed by atoms with van der Waals surface area (Å²) >= 11 is 1.80. The number of hydrogen-bond acceptors (Lipinski definition) is 4. The van der Waals surface area contributed by atoms with Crippen molar-refractivity contribution in [2.75, 3.05) is 5.75 Å². The Hall–Kier alpha value is -2.01. The molecule has 0 atom stereocenters. The molecule has 4 rings (SSSR count). The normalized spacial score (nSPS) is 15.9. The third-order valence-corrected chi connectivity index (χ3v) is 4.85. The fraction of sp³-hybridized carbons (Fsp3) is 0.200. The van der Waals surface area contributed by atoms with Crippen LogP contribution in [0.1, 0.15) is 11.1 Å². The van der Waals surface area contributed by atoms with Gasteiger partial charge in [0, 0.05) is 22.7 Å². The number of pyridine rings is 1. The predicted octanol–water partition coefficient (Wildman–Crippen LogP) is 1.05. The molecule has 0 radical (unpaired) electrons. The number of rotatable bonds is 0. The first-order chi connectivity index (χ1) is 9.81. The highest BCUT2D eigenvalue weighted by molar-refractivity contribution is 7.98. The highest BCUT2D eigenvalue weighted by Gasteiger charge is 2.20. The van der Waals surface area contributed by atoms with Gasteiger partial charge in [0.1, 0.15) is 5.65 Å². The van der Waals surface area contributed by atoms with Crippen LogP contribution < -0.4 is 16.5 Å². The number of aromatic nitrogens is 2. The van der Waals surface area contributed by atoms with Crippen molar-refractivity contribution in [1.29, 1.82) is 0 Å². The largest absolute Gasteiger partial charge is 0.404 e. The van der Waals surface area contributed by atoms with Crippen molar-refractivity contribution in [1.82, 2.24) is 9.38 Å². The molecule has 0 saturated carbocycles. The van der Waals surface area contributed by atoms with Gasteiger partial charge in [0.05, 0.1) is 11.0 Å². The smallest absolute Gasteiger partial charge is 0.261 e. The SMILES string of the molecule is NC=c1c2c(c(=O)n3c1nc1ccccc13)CSCC2. The molecule has 0 spiro atoms. The summed E-state index contributed by atoms with van der Waals surface area (Å²) in [6.45, 7) is 0. The van der Waals surface area contributed by atoms with E-state index in [1.807, 2.05) is 24.3 Å². The minimum absolute atomic E-state index is 0.0569. The van der Waals surface area contributed by atoms with Crippen molar-refractivity contribution in [2.45, 2.75) is 12.2 Å². The average molecular weight is 283 g/mol. The van der Waals surface area contributed by atoms with Crippen LogP contribution in [-0.4, -0.2) is 15.1 Å². The van der Waals surface area contributed by atoms with Gasteiger partial charge in [-0.15, -0.1) is 0 Å². The average Bonchev–Trinajstić information content (AvgIpc) is 2.87. The van der Waals surface area contributed by atoms with Crippen LogP contribution in [0.15, 0.2) is 29.1 Å². The molecule has 0 fully saturated rings. The lowest BCUT2D eigenvalue weighted by Gasteiger charge is -2.15. The van der Waals surface area contributed by atoms with Crippen LogP contribution in [-0.2, 0) is 12.2 Å². The second-order valence-electron chi connectivity index (χ2n) is 4.90. The van der Waals surface area contributed by atoms with Crippen LogP contribution >= 0.6 is 11.8 Å². The number of nitrogens with zero attached hydrogens (tertiary/aromatic N) is 2. The molecule has 2 aromatic heterocycles. The highest BCUT2D eigenvalue weighted by atomic mass is 32.2. The Morgan fingerprint density at radius 3 is 3.00 bits per heavy atom. The topological polar surface area (TPSA) is 60.4 Å². The van der Waals surface area contributed by atoms with Crippen LogP contribution in [0.25, 0.3) is 22.9 Å². The van der Waals surface area contributed by atoms with E-state index in [4.69, 9.17) is 5.73 Å². The van der Waals surface area contributed by atoms with Gasteiger partial charge in [0.2, 0.25) is 0 Å². The molecule has 2 N–H and O–H groups in total. The Morgan fingerprint density at radius 2 is 2.15 bits per heavy atom. The van der Waals surface area contributed by atoms with Crippen molar-refractivity contribution in [2.24, 2.45) is 5.73 Å². The molecule has 3 aromatic rings. The Labute approximate surface area is 119 Å². The van der Waals surface area contributed by atoms with E-state index in [0.29, 0.717) is 5.65 Å². The fourth-order valence-corrected chi connectivity index (χ4v) is 3.93. The molecule has 0 saturated heterocycles. The monoisotopic (exact) mass is 283 g/mol. The van der Waals surface area contributed by atoms with E-state index in [2.05, 4.69) is 4.98 Å². The zero-order valence-corrected chi connectivity index (χ0v) is 11.6. The van der Waals surface area contributed by atoms with Gasteiger partial charge < -0.3 is 5.73 Å². The molecule has 0 amide bonds. The lowest BCUT2D eigenvalue weighted by atomic mass is 10.1. The van der Waals surface area contributed by atoms with Crippen LogP contribution in [0.5, 0.6) is 0 Å². The van der Waals surface area contributed by atoms with E-state index < -0.39 is 0 Å². The summed E-state index contributed by atoms with van der Waals surface area (Å²) < 4.78 is 1.71. The van der Waals surface area contributed by atoms with Gasteiger partial charge in [-0.2, -0.15) is 11.8 Å². The zero-order chi connectivity index (χ0) is 13.7. The minimum Gasteiger partial charge on any atom is -0.404 e. The van der Waals surface area contributed by atoms with Crippen molar-refractivity contribution in [3.8, 4) is 0 Å². The zero-order valence-electron chi connectivity index (χ0n) is 10.8. The first-order valence-electron chi connectivity index (χ1n) is 6.56. The predicted molar refractivity (Wildman–Crippen MR) is 82.7 cm³/mol.